The van der Waals surface area contributed by atoms with Crippen LogP contribution in [0.5, 0.6) is 5.75 Å². The first-order chi connectivity index (χ1) is 18.6. The number of ether oxygens (including phenoxy) is 1. The molecule has 4 aromatic rings. The van der Waals surface area contributed by atoms with E-state index in [4.69, 9.17) is 4.74 Å². The van der Waals surface area contributed by atoms with Gasteiger partial charge < -0.3 is 10.1 Å². The number of aliphatic imine (C=N–C) groups is 1. The third-order valence-corrected chi connectivity index (χ3v) is 6.53. The van der Waals surface area contributed by atoms with Crippen LogP contribution in [-0.2, 0) is 11.3 Å². The van der Waals surface area contributed by atoms with Gasteiger partial charge in [-0.15, -0.1) is 0 Å². The maximum Gasteiger partial charge on any atom is 0.435 e. The lowest BCUT2D eigenvalue weighted by Crippen LogP contribution is -2.25. The molecule has 0 bridgehead atoms. The molecule has 200 valence electrons. The summed E-state index contributed by atoms with van der Waals surface area (Å²) in [5, 5.41) is 4.19. The van der Waals surface area contributed by atoms with Gasteiger partial charge in [0.25, 0.3) is 0 Å². The molecule has 0 saturated heterocycles. The molecular formula is C29H24F4N4O2. The van der Waals surface area contributed by atoms with Crippen molar-refractivity contribution in [2.45, 2.75) is 32.2 Å². The summed E-state index contributed by atoms with van der Waals surface area (Å²) in [5.74, 6) is -0.0736. The van der Waals surface area contributed by atoms with E-state index >= 15 is 0 Å². The number of carbonyl (C=O) groups excluding carboxylic acids is 1. The van der Waals surface area contributed by atoms with Gasteiger partial charge in [-0.3, -0.25) is 14.8 Å². The average Bonchev–Trinajstić information content (AvgIpc) is 3.65. The van der Waals surface area contributed by atoms with Crippen LogP contribution in [0.1, 0.15) is 23.2 Å². The first-order valence-electron chi connectivity index (χ1n) is 12.2. The zero-order chi connectivity index (χ0) is 27.7. The highest BCUT2D eigenvalue weighted by molar-refractivity contribution is 6.03. The molecule has 1 N–H and O–H groups in total. The monoisotopic (exact) mass is 536 g/mol. The SMILES string of the molecule is COc1ccc(C/N=C(/c2cc(C)c(-c3ccc4cc(NC(=O)[C@@H]5C[C@@H]5F)ncc4c3)cn2)C(F)(F)F)cc1. The zero-order valence-electron chi connectivity index (χ0n) is 21.1. The van der Waals surface area contributed by atoms with Crippen LogP contribution in [0, 0.1) is 12.8 Å². The quantitative estimate of drug-likeness (QED) is 0.217. The van der Waals surface area contributed by atoms with Crippen molar-refractivity contribution >= 4 is 28.2 Å². The van der Waals surface area contributed by atoms with Gasteiger partial charge in [-0.05, 0) is 65.8 Å². The summed E-state index contributed by atoms with van der Waals surface area (Å²) in [5.41, 5.74) is 1.32. The molecule has 10 heteroatoms. The third kappa shape index (κ3) is 5.89. The summed E-state index contributed by atoms with van der Waals surface area (Å²) in [6, 6.07) is 15.2. The number of aromatic nitrogens is 2. The van der Waals surface area contributed by atoms with E-state index < -0.39 is 29.9 Å². The summed E-state index contributed by atoms with van der Waals surface area (Å²) in [4.78, 5) is 24.2. The smallest absolute Gasteiger partial charge is 0.435 e. The molecule has 0 radical (unpaired) electrons. The molecule has 2 aromatic carbocycles. The van der Waals surface area contributed by atoms with Gasteiger partial charge in [0.05, 0.1) is 25.3 Å². The summed E-state index contributed by atoms with van der Waals surface area (Å²) < 4.78 is 59.9. The normalized spacial score (nSPS) is 17.2. The first-order valence-corrected chi connectivity index (χ1v) is 12.2. The number of alkyl halides is 4. The van der Waals surface area contributed by atoms with E-state index in [9.17, 15) is 22.4 Å². The van der Waals surface area contributed by atoms with Crippen molar-refractivity contribution in [2.24, 2.45) is 10.9 Å². The summed E-state index contributed by atoms with van der Waals surface area (Å²) >= 11 is 0. The van der Waals surface area contributed by atoms with Crippen LogP contribution in [0.2, 0.25) is 0 Å². The Morgan fingerprint density at radius 2 is 1.79 bits per heavy atom. The Labute approximate surface area is 221 Å². The zero-order valence-corrected chi connectivity index (χ0v) is 21.1. The van der Waals surface area contributed by atoms with Gasteiger partial charge in [0.2, 0.25) is 5.91 Å². The number of halogens is 4. The first kappa shape index (κ1) is 26.3. The second kappa shape index (κ2) is 10.4. The van der Waals surface area contributed by atoms with Crippen LogP contribution in [0.15, 0.2) is 72.0 Å². The number of rotatable bonds is 7. The van der Waals surface area contributed by atoms with Crippen molar-refractivity contribution in [3.05, 3.63) is 83.8 Å². The highest BCUT2D eigenvalue weighted by Crippen LogP contribution is 2.35. The number of aryl methyl sites for hydroxylation is 1. The van der Waals surface area contributed by atoms with Gasteiger partial charge in [-0.2, -0.15) is 13.2 Å². The van der Waals surface area contributed by atoms with E-state index in [1.54, 1.807) is 43.5 Å². The van der Waals surface area contributed by atoms with Gasteiger partial charge >= 0.3 is 6.18 Å². The average molecular weight is 537 g/mol. The Morgan fingerprint density at radius 1 is 1.05 bits per heavy atom. The largest absolute Gasteiger partial charge is 0.497 e. The number of hydrogen-bond acceptors (Lipinski definition) is 5. The molecule has 1 amide bonds. The molecule has 2 atom stereocenters. The second-order valence-corrected chi connectivity index (χ2v) is 9.37. The van der Waals surface area contributed by atoms with Crippen molar-refractivity contribution in [2.75, 3.05) is 12.4 Å². The maximum absolute atomic E-state index is 13.9. The van der Waals surface area contributed by atoms with Crippen LogP contribution in [0.4, 0.5) is 23.4 Å². The lowest BCUT2D eigenvalue weighted by molar-refractivity contribution is -0.117. The van der Waals surface area contributed by atoms with E-state index in [1.807, 2.05) is 18.2 Å². The number of benzene rings is 2. The van der Waals surface area contributed by atoms with Crippen LogP contribution < -0.4 is 10.1 Å². The molecule has 5 rings (SSSR count). The number of nitrogens with one attached hydrogen (secondary N) is 1. The van der Waals surface area contributed by atoms with E-state index in [-0.39, 0.29) is 18.7 Å². The Kier molecular flexibility index (Phi) is 7.03. The predicted octanol–water partition coefficient (Wildman–Crippen LogP) is 6.46. The summed E-state index contributed by atoms with van der Waals surface area (Å²) in [6.45, 7) is 1.56. The Balaban J connectivity index is 1.38. The van der Waals surface area contributed by atoms with Crippen LogP contribution in [0.25, 0.3) is 21.9 Å². The van der Waals surface area contributed by atoms with Crippen molar-refractivity contribution in [3.8, 4) is 16.9 Å². The Bertz CT molecular complexity index is 1570. The molecule has 6 nitrogen and oxygen atoms in total. The molecule has 1 fully saturated rings. The number of carbonyl (C=O) groups is 1. The van der Waals surface area contributed by atoms with Gasteiger partial charge in [-0.1, -0.05) is 24.3 Å². The third-order valence-electron chi connectivity index (χ3n) is 6.53. The second-order valence-electron chi connectivity index (χ2n) is 9.37. The number of fused-ring (bicyclic) bond motifs is 1. The molecule has 1 aliphatic rings. The van der Waals surface area contributed by atoms with Crippen LogP contribution >= 0.6 is 0 Å². The van der Waals surface area contributed by atoms with E-state index in [1.165, 1.54) is 19.4 Å². The molecule has 39 heavy (non-hydrogen) atoms. The number of nitrogens with zero attached hydrogens (tertiary/aromatic N) is 3. The number of amides is 1. The standard InChI is InChI=1S/C29H24F4N4O2/c1-16-9-25(27(29(31,32)33)36-13-17-3-7-21(39-2)8-4-17)34-15-23(16)19-6-5-18-11-26(35-14-20(18)10-19)37-28(38)22-12-24(22)30/h3-11,14-15,22,24H,12-13H2,1-2H3,(H,35,37,38)/b36-27-/t22-,24+/m1/s1. The highest BCUT2D eigenvalue weighted by Gasteiger charge is 2.43. The highest BCUT2D eigenvalue weighted by atomic mass is 19.4. The van der Waals surface area contributed by atoms with Gasteiger partial charge in [0, 0.05) is 23.3 Å². The molecule has 0 unspecified atom stereocenters. The van der Waals surface area contributed by atoms with E-state index in [0.29, 0.717) is 28.3 Å². The Morgan fingerprint density at radius 3 is 2.44 bits per heavy atom. The fourth-order valence-corrected chi connectivity index (χ4v) is 4.24. The van der Waals surface area contributed by atoms with Crippen molar-refractivity contribution in [3.63, 3.8) is 0 Å². The molecule has 0 aliphatic heterocycles. The number of anilines is 1. The molecule has 0 spiro atoms. The van der Waals surface area contributed by atoms with Crippen molar-refractivity contribution < 1.29 is 27.1 Å². The number of hydrogen-bond donors (Lipinski definition) is 1. The van der Waals surface area contributed by atoms with Gasteiger partial charge in [-0.25, -0.2) is 9.37 Å². The minimum Gasteiger partial charge on any atom is -0.497 e. The fourth-order valence-electron chi connectivity index (χ4n) is 4.24. The fraction of sp³-hybridized carbons (Fsp3) is 0.241. The molecule has 2 heterocycles. The molecule has 1 saturated carbocycles. The topological polar surface area (TPSA) is 76.5 Å². The van der Waals surface area contributed by atoms with Gasteiger partial charge in [0.15, 0.2) is 5.71 Å². The maximum atomic E-state index is 13.9. The molecule has 2 aromatic heterocycles. The van der Waals surface area contributed by atoms with Crippen LogP contribution in [0.3, 0.4) is 0 Å². The van der Waals surface area contributed by atoms with Crippen LogP contribution in [-0.4, -0.2) is 41.0 Å². The number of pyridine rings is 2. The number of methoxy groups -OCH3 is 1. The minimum absolute atomic E-state index is 0.156. The molecular weight excluding hydrogens is 512 g/mol. The van der Waals surface area contributed by atoms with Crippen molar-refractivity contribution in [1.29, 1.82) is 0 Å². The Hall–Kier alpha value is -4.34. The van der Waals surface area contributed by atoms with Gasteiger partial charge in [0.1, 0.15) is 17.7 Å². The minimum atomic E-state index is -4.68. The van der Waals surface area contributed by atoms with Crippen molar-refractivity contribution in [1.82, 2.24) is 9.97 Å². The van der Waals surface area contributed by atoms with E-state index in [0.717, 1.165) is 16.3 Å². The lowest BCUT2D eigenvalue weighted by atomic mass is 9.99. The summed E-state index contributed by atoms with van der Waals surface area (Å²) in [6.07, 6.45) is -2.55. The summed E-state index contributed by atoms with van der Waals surface area (Å²) in [7, 11) is 1.51. The predicted molar refractivity (Wildman–Crippen MR) is 141 cm³/mol. The lowest BCUT2D eigenvalue weighted by Gasteiger charge is -2.13. The van der Waals surface area contributed by atoms with E-state index in [2.05, 4.69) is 20.3 Å². The molecule has 1 aliphatic carbocycles.